The topological polar surface area (TPSA) is 415 Å². The molecular formula is C28H60Cl4N15O10P3S5. The van der Waals surface area contributed by atoms with E-state index in [1.54, 1.807) is 59.9 Å². The number of rotatable bonds is 2. The lowest BCUT2D eigenvalue weighted by Gasteiger charge is -1.97. The molecule has 0 aliphatic heterocycles. The molecule has 0 aromatic carbocycles. The Hall–Kier alpha value is -2.63. The number of nitrogens with zero attached hydrogens (tertiary/aromatic N) is 6. The van der Waals surface area contributed by atoms with Gasteiger partial charge in [-0.3, -0.25) is 67.0 Å². The minimum Gasteiger partial charge on any atom is -0.466 e. The third kappa shape index (κ3) is 147. The van der Waals surface area contributed by atoms with Crippen molar-refractivity contribution in [3.8, 4) is 0 Å². The number of nitrogens with two attached hydrogens (primary N) is 4. The number of aliphatic hydroxyl groups excluding tert-OH is 1. The van der Waals surface area contributed by atoms with Crippen LogP contribution >= 0.6 is 64.6 Å². The summed E-state index contributed by atoms with van der Waals surface area (Å²) in [5.74, 6) is 15.9. The van der Waals surface area contributed by atoms with Gasteiger partial charge in [-0.05, 0) is 130 Å². The molecule has 380 valence electrons. The van der Waals surface area contributed by atoms with Crippen LogP contribution in [0.5, 0.6) is 0 Å². The molecule has 0 aliphatic rings. The van der Waals surface area contributed by atoms with Crippen LogP contribution in [-0.2, 0) is 83.5 Å². The number of nitrogens with one attached hydrogen (secondary N) is 5. The highest BCUT2D eigenvalue weighted by Crippen LogP contribution is 2.61. The number of ether oxygens (including phenoxy) is 1. The van der Waals surface area contributed by atoms with Gasteiger partial charge < -0.3 is 24.4 Å². The fraction of sp³-hybridized carbons (Fsp3) is 0.571. The summed E-state index contributed by atoms with van der Waals surface area (Å²) in [4.78, 5) is 52.6. The molecule has 3 rings (SSSR count). The highest BCUT2D eigenvalue weighted by atomic mass is 36.0. The molecule has 65 heavy (non-hydrogen) atoms. The fourth-order valence-corrected chi connectivity index (χ4v) is 11.3. The van der Waals surface area contributed by atoms with Gasteiger partial charge in [0, 0.05) is 83.0 Å². The van der Waals surface area contributed by atoms with Crippen molar-refractivity contribution in [3.63, 3.8) is 0 Å². The number of amides is 3. The van der Waals surface area contributed by atoms with E-state index in [2.05, 4.69) is 137 Å². The van der Waals surface area contributed by atoms with Gasteiger partial charge in [-0.2, -0.15) is 5.10 Å². The number of hydrazine groups is 3. The van der Waals surface area contributed by atoms with Crippen molar-refractivity contribution >= 4 is 150 Å². The lowest BCUT2D eigenvalue weighted by Crippen LogP contribution is -2.38. The Labute approximate surface area is 419 Å². The Kier molecular flexibility index (Phi) is 80.5. The van der Waals surface area contributed by atoms with Crippen LogP contribution in [0.15, 0.2) is 8.83 Å². The molecule has 0 radical (unpaired) electrons. The van der Waals surface area contributed by atoms with Gasteiger partial charge in [0.05, 0.1) is 12.4 Å². The molecule has 3 aromatic rings. The molecule has 0 fully saturated rings. The summed E-state index contributed by atoms with van der Waals surface area (Å²) in [6.45, 7) is 23.2. The average molecular weight is 1160 g/mol. The summed E-state index contributed by atoms with van der Waals surface area (Å²) in [5.41, 5.74) is 10.8. The Morgan fingerprint density at radius 3 is 1.23 bits per heavy atom. The van der Waals surface area contributed by atoms with Gasteiger partial charge in [0.1, 0.15) is 11.6 Å². The first kappa shape index (κ1) is 82.5. The number of aryl methyl sites for hydroxylation is 6. The smallest absolute Gasteiger partial charge is 0.339 e. The molecule has 3 aromatic heterocycles. The van der Waals surface area contributed by atoms with Crippen molar-refractivity contribution in [2.75, 3.05) is 13.2 Å². The van der Waals surface area contributed by atoms with E-state index in [4.69, 9.17) is 25.1 Å². The summed E-state index contributed by atoms with van der Waals surface area (Å²) in [7, 11) is 6.83. The second-order valence-corrected chi connectivity index (χ2v) is 26.3. The van der Waals surface area contributed by atoms with Crippen LogP contribution in [0, 0.1) is 47.0 Å². The van der Waals surface area contributed by atoms with Crippen molar-refractivity contribution in [2.45, 2.75) is 96.9 Å². The van der Waals surface area contributed by atoms with Crippen molar-refractivity contribution in [2.24, 2.45) is 23.3 Å². The second-order valence-electron chi connectivity index (χ2n) is 9.38. The first-order chi connectivity index (χ1) is 29.8. The molecule has 3 heterocycles. The molecule has 3 amide bonds. The molecule has 0 saturated carbocycles. The monoisotopic (exact) mass is 1160 g/mol. The minimum atomic E-state index is -3.22. The van der Waals surface area contributed by atoms with E-state index >= 15 is 0 Å². The van der Waals surface area contributed by atoms with Crippen molar-refractivity contribution in [1.29, 1.82) is 5.41 Å². The number of aromatic nitrogens is 7. The predicted molar refractivity (Wildman–Crippen MR) is 272 cm³/mol. The quantitative estimate of drug-likeness (QED) is 0.0245. The highest BCUT2D eigenvalue weighted by molar-refractivity contribution is 8.63. The number of H-pyrrole nitrogens is 1. The van der Waals surface area contributed by atoms with Gasteiger partial charge in [0.2, 0.25) is 46.5 Å². The number of esters is 1. The third-order valence-corrected chi connectivity index (χ3v) is 13.0. The van der Waals surface area contributed by atoms with E-state index in [-0.39, 0.29) is 41.4 Å². The van der Waals surface area contributed by atoms with Crippen LogP contribution in [0.3, 0.4) is 0 Å². The van der Waals surface area contributed by atoms with Crippen LogP contribution < -0.4 is 39.5 Å². The molecule has 0 spiro atoms. The van der Waals surface area contributed by atoms with E-state index in [1.165, 1.54) is 57.5 Å². The lowest BCUT2D eigenvalue weighted by atomic mass is 10.7. The number of aromatic amines is 1. The maximum Gasteiger partial charge on any atom is 0.339 e. The Morgan fingerprint density at radius 1 is 0.846 bits per heavy atom. The van der Waals surface area contributed by atoms with E-state index in [0.29, 0.717) is 30.2 Å². The number of hydrogen-bond donors (Lipinski definition) is 10. The van der Waals surface area contributed by atoms with Crippen LogP contribution in [0.2, 0.25) is 0 Å². The first-order valence-electron chi connectivity index (χ1n) is 16.6. The summed E-state index contributed by atoms with van der Waals surface area (Å²) >= 11 is 27.7. The summed E-state index contributed by atoms with van der Waals surface area (Å²) in [6, 6.07) is 0. The zero-order valence-electron chi connectivity index (χ0n) is 37.9. The van der Waals surface area contributed by atoms with Crippen molar-refractivity contribution in [3.05, 3.63) is 35.2 Å². The zero-order chi connectivity index (χ0) is 53.6. The largest absolute Gasteiger partial charge is 0.466 e. The van der Waals surface area contributed by atoms with Gasteiger partial charge in [-0.25, -0.2) is 10.8 Å². The standard InChI is InChI=1S/C4H7N3.C4H8N2O2.2C4H6N2O.C4H8O2.C2H3ClO.C2H6N2O.C2H6N2.C2H6O.Cl3OP.H4N2.P2S5/c1-3-5-4(2)7-6-3;1-3(7)5-6-4(2)8;2*1-3-5-6-4(2)7-3;1-3-6-4(2)5;1-2(3)4;1-2(5)4-3;1-2(3)4;1-2-3;1-5(2,3)4;1-2;3-1-2-5-7-6-4/h1-2H3,(H,5,6,7);1-2H3,(H,5,7)(H,6,8);2*1-2H3;3H2,1-2H3;1H3;3H2,1H3,(H,4,5);1H3,(H3,3,4);3H,2H2,1H3;;1-2H2;. The SMILES string of the molecule is CC(=N)N.CC(=O)Cl.CC(=O)NN.CC(=O)NNC(C)=O.CCO.CCOC(C)=O.Cc1n[nH]c(C)n1.Cc1nnc(C)o1.Cc1nnc(C)o1.NN.O=P(Cl)(Cl)Cl.S=PP=S=S=S=S. The van der Waals surface area contributed by atoms with Crippen molar-refractivity contribution < 1.29 is 47.2 Å². The van der Waals surface area contributed by atoms with Gasteiger partial charge in [0.25, 0.3) is 0 Å². The second kappa shape index (κ2) is 63.5. The molecule has 14 N–H and O–H groups in total. The van der Waals surface area contributed by atoms with Crippen LogP contribution in [-0.4, -0.2) is 88.7 Å². The number of carbonyl (C=O) groups excluding carboxylic acids is 5. The van der Waals surface area contributed by atoms with Gasteiger partial charge in [-0.1, -0.05) is 0 Å². The number of aliphatic hydroxyl groups is 1. The van der Waals surface area contributed by atoms with E-state index in [9.17, 15) is 28.5 Å². The van der Waals surface area contributed by atoms with Crippen LogP contribution in [0.4, 0.5) is 0 Å². The number of amidine groups is 1. The Morgan fingerprint density at radius 2 is 1.14 bits per heavy atom. The third-order valence-electron chi connectivity index (χ3n) is 3.05. The summed E-state index contributed by atoms with van der Waals surface area (Å²) in [5, 5.41) is 31.1. The Bertz CT molecular complexity index is 1680. The van der Waals surface area contributed by atoms with Crippen molar-refractivity contribution in [1.82, 2.24) is 51.9 Å². The Balaban J connectivity index is -0.0000000762. The molecule has 0 unspecified atom stereocenters. The van der Waals surface area contributed by atoms with Gasteiger partial charge in [0.15, 0.2) is 0 Å². The van der Waals surface area contributed by atoms with E-state index in [1.807, 2.05) is 19.3 Å². The molecule has 25 nitrogen and oxygen atoms in total. The molecular weight excluding hydrogens is 1100 g/mol. The maximum atomic E-state index is 10.0. The van der Waals surface area contributed by atoms with Crippen LogP contribution in [0.25, 0.3) is 0 Å². The van der Waals surface area contributed by atoms with Gasteiger partial charge >= 0.3 is 11.2 Å². The fourth-order valence-electron chi connectivity index (χ4n) is 1.66. The molecule has 37 heteroatoms. The number of carbonyl (C=O) groups is 5. The molecule has 0 bridgehead atoms. The minimum absolute atomic E-state index is 0.167. The predicted octanol–water partition coefficient (Wildman–Crippen LogP) is 4.59. The average Bonchev–Trinajstić information content (AvgIpc) is 3.87. The highest BCUT2D eigenvalue weighted by Gasteiger charge is 2.03. The van der Waals surface area contributed by atoms with E-state index in [0.717, 1.165) is 18.7 Å². The molecule has 0 aliphatic carbocycles. The first-order valence-corrected chi connectivity index (χ1v) is 29.9. The molecule has 0 atom stereocenters. The zero-order valence-corrected chi connectivity index (χ0v) is 47.7. The summed E-state index contributed by atoms with van der Waals surface area (Å²) in [6.07, 6.45) is 0. The normalized spacial score (nSPS) is 8.22. The number of hydrogen-bond acceptors (Lipinski definition) is 22. The van der Waals surface area contributed by atoms with Crippen LogP contribution in [0.1, 0.15) is 90.6 Å². The lowest BCUT2D eigenvalue weighted by molar-refractivity contribution is -0.140. The van der Waals surface area contributed by atoms with Gasteiger partial charge in [-0.15, -0.1) is 20.4 Å². The maximum absolute atomic E-state index is 10.0. The number of halogens is 4. The summed E-state index contributed by atoms with van der Waals surface area (Å²) < 4.78 is 23.6. The van der Waals surface area contributed by atoms with E-state index < -0.39 is 5.20 Å². The molecule has 0 saturated heterocycles.